The van der Waals surface area contributed by atoms with E-state index in [1.165, 1.54) is 6.07 Å². The molecule has 90 valence electrons. The second-order valence-electron chi connectivity index (χ2n) is 3.98. The van der Waals surface area contributed by atoms with Crippen molar-refractivity contribution in [2.75, 3.05) is 19.0 Å². The Hall–Kier alpha value is -1.59. The smallest absolute Gasteiger partial charge is 0.126 e. The molecular formula is C12H12NO3S-. The lowest BCUT2D eigenvalue weighted by atomic mass is 10.1. The molecule has 0 saturated carbocycles. The molecule has 17 heavy (non-hydrogen) atoms. The third-order valence-corrected chi connectivity index (χ3v) is 3.45. The first-order valence-electron chi connectivity index (χ1n) is 5.06. The first-order valence-corrected chi connectivity index (χ1v) is 6.47. The van der Waals surface area contributed by atoms with Crippen LogP contribution in [0.1, 0.15) is 0 Å². The molecule has 0 aliphatic carbocycles. The predicted octanol–water partition coefficient (Wildman–Crippen LogP) is 1.81. The quantitative estimate of drug-likeness (QED) is 0.763. The van der Waals surface area contributed by atoms with Crippen molar-refractivity contribution in [1.29, 1.82) is 0 Å². The van der Waals surface area contributed by atoms with Gasteiger partial charge in [0.25, 0.3) is 0 Å². The molecule has 0 bridgehead atoms. The maximum absolute atomic E-state index is 11.2. The molecule has 0 aromatic heterocycles. The van der Waals surface area contributed by atoms with Crippen LogP contribution >= 0.6 is 0 Å². The Labute approximate surface area is 100 Å². The van der Waals surface area contributed by atoms with Gasteiger partial charge in [0.05, 0.1) is 10.6 Å². The van der Waals surface area contributed by atoms with Crippen molar-refractivity contribution in [2.24, 2.45) is 0 Å². The highest BCUT2D eigenvalue weighted by Crippen LogP contribution is 2.32. The lowest BCUT2D eigenvalue weighted by molar-refractivity contribution is 0.463. The van der Waals surface area contributed by atoms with E-state index in [2.05, 4.69) is 0 Å². The highest BCUT2D eigenvalue weighted by molar-refractivity contribution is 7.86. The van der Waals surface area contributed by atoms with Crippen LogP contribution in [0.3, 0.4) is 0 Å². The molecular weight excluding hydrogens is 238 g/mol. The molecule has 2 aromatic rings. The van der Waals surface area contributed by atoms with Crippen molar-refractivity contribution in [3.05, 3.63) is 36.4 Å². The van der Waals surface area contributed by atoms with Gasteiger partial charge in [-0.3, -0.25) is 0 Å². The zero-order valence-corrected chi connectivity index (χ0v) is 10.4. The summed E-state index contributed by atoms with van der Waals surface area (Å²) in [5.41, 5.74) is 0.443. The molecule has 0 aliphatic heterocycles. The van der Waals surface area contributed by atoms with Crippen LogP contribution in [0.5, 0.6) is 0 Å². The highest BCUT2D eigenvalue weighted by Gasteiger charge is 2.13. The van der Waals surface area contributed by atoms with Crippen molar-refractivity contribution in [2.45, 2.75) is 4.90 Å². The van der Waals surface area contributed by atoms with Gasteiger partial charge in [0.2, 0.25) is 0 Å². The Morgan fingerprint density at radius 2 is 1.71 bits per heavy atom. The summed E-state index contributed by atoms with van der Waals surface area (Å²) >= 11 is 0. The standard InChI is InChI=1S/C12H13NO3S/c1-13(2)12-10-6-4-3-5-9(10)7-8-11(12)17(14,15)16/h3-8H,1-2H3,(H,14,15,16)/p-1. The van der Waals surface area contributed by atoms with E-state index in [1.807, 2.05) is 18.2 Å². The minimum Gasteiger partial charge on any atom is -0.744 e. The Kier molecular flexibility index (Phi) is 2.81. The number of rotatable bonds is 2. The van der Waals surface area contributed by atoms with Gasteiger partial charge >= 0.3 is 0 Å². The second-order valence-corrected chi connectivity index (χ2v) is 5.33. The zero-order valence-electron chi connectivity index (χ0n) is 9.54. The Morgan fingerprint density at radius 3 is 2.29 bits per heavy atom. The average Bonchev–Trinajstić information content (AvgIpc) is 2.26. The fourth-order valence-electron chi connectivity index (χ4n) is 1.90. The summed E-state index contributed by atoms with van der Waals surface area (Å²) in [6.07, 6.45) is 0. The topological polar surface area (TPSA) is 60.4 Å². The molecule has 2 aromatic carbocycles. The van der Waals surface area contributed by atoms with Gasteiger partial charge in [-0.1, -0.05) is 30.3 Å². The summed E-state index contributed by atoms with van der Waals surface area (Å²) in [4.78, 5) is 1.47. The van der Waals surface area contributed by atoms with E-state index < -0.39 is 10.1 Å². The van der Waals surface area contributed by atoms with E-state index in [9.17, 15) is 13.0 Å². The number of fused-ring (bicyclic) bond motifs is 1. The molecule has 0 aliphatic rings. The second kappa shape index (κ2) is 4.01. The van der Waals surface area contributed by atoms with Gasteiger partial charge in [0.15, 0.2) is 0 Å². The van der Waals surface area contributed by atoms with Crippen molar-refractivity contribution < 1.29 is 13.0 Å². The van der Waals surface area contributed by atoms with E-state index in [-0.39, 0.29) is 4.90 Å². The zero-order chi connectivity index (χ0) is 12.6. The number of hydrogen-bond donors (Lipinski definition) is 0. The summed E-state index contributed by atoms with van der Waals surface area (Å²) < 4.78 is 33.7. The number of anilines is 1. The molecule has 0 N–H and O–H groups in total. The highest BCUT2D eigenvalue weighted by atomic mass is 32.2. The minimum atomic E-state index is -4.46. The fourth-order valence-corrected chi connectivity index (χ4v) is 2.66. The molecule has 0 heterocycles. The SMILES string of the molecule is CN(C)c1c(S(=O)(=O)[O-])ccc2ccccc12. The van der Waals surface area contributed by atoms with E-state index in [0.29, 0.717) is 5.69 Å². The normalized spacial score (nSPS) is 11.7. The summed E-state index contributed by atoms with van der Waals surface area (Å²) in [6.45, 7) is 0. The number of benzene rings is 2. The molecule has 4 nitrogen and oxygen atoms in total. The molecule has 0 saturated heterocycles. The van der Waals surface area contributed by atoms with Crippen LogP contribution in [0.2, 0.25) is 0 Å². The van der Waals surface area contributed by atoms with Gasteiger partial charge in [-0.15, -0.1) is 0 Å². The number of hydrogen-bond acceptors (Lipinski definition) is 4. The molecule has 0 amide bonds. The molecule has 2 rings (SSSR count). The van der Waals surface area contributed by atoms with Crippen molar-refractivity contribution in [1.82, 2.24) is 0 Å². The Bertz CT molecular complexity index is 663. The van der Waals surface area contributed by atoms with E-state index in [4.69, 9.17) is 0 Å². The Balaban J connectivity index is 2.92. The van der Waals surface area contributed by atoms with Crippen LogP contribution in [-0.2, 0) is 10.1 Å². The van der Waals surface area contributed by atoms with Gasteiger partial charge in [-0.2, -0.15) is 0 Å². The largest absolute Gasteiger partial charge is 0.744 e. The summed E-state index contributed by atoms with van der Waals surface area (Å²) in [5.74, 6) is 0. The molecule has 0 spiro atoms. The van der Waals surface area contributed by atoms with Crippen LogP contribution < -0.4 is 4.90 Å². The van der Waals surface area contributed by atoms with Gasteiger partial charge in [0, 0.05) is 19.5 Å². The maximum atomic E-state index is 11.2. The van der Waals surface area contributed by atoms with Crippen molar-refractivity contribution in [3.63, 3.8) is 0 Å². The molecule has 0 fully saturated rings. The van der Waals surface area contributed by atoms with Gasteiger partial charge in [-0.05, 0) is 11.5 Å². The first-order chi connectivity index (χ1) is 7.91. The van der Waals surface area contributed by atoms with E-state index in [0.717, 1.165) is 10.8 Å². The fraction of sp³-hybridized carbons (Fsp3) is 0.167. The third-order valence-electron chi connectivity index (χ3n) is 2.58. The van der Waals surface area contributed by atoms with Crippen LogP contribution in [0, 0.1) is 0 Å². The van der Waals surface area contributed by atoms with E-state index >= 15 is 0 Å². The van der Waals surface area contributed by atoms with Gasteiger partial charge in [-0.25, -0.2) is 8.42 Å². The van der Waals surface area contributed by atoms with Crippen LogP contribution in [0.4, 0.5) is 5.69 Å². The van der Waals surface area contributed by atoms with E-state index in [1.54, 1.807) is 31.1 Å². The van der Waals surface area contributed by atoms with Crippen LogP contribution in [0.25, 0.3) is 10.8 Å². The molecule has 5 heteroatoms. The summed E-state index contributed by atoms with van der Waals surface area (Å²) in [7, 11) is -1.02. The average molecular weight is 250 g/mol. The van der Waals surface area contributed by atoms with Crippen LogP contribution in [-0.4, -0.2) is 27.1 Å². The van der Waals surface area contributed by atoms with Gasteiger partial charge in [0.1, 0.15) is 10.1 Å². The maximum Gasteiger partial charge on any atom is 0.126 e. The summed E-state index contributed by atoms with van der Waals surface area (Å²) in [6, 6.07) is 10.4. The lowest BCUT2D eigenvalue weighted by Gasteiger charge is -2.21. The van der Waals surface area contributed by atoms with Crippen molar-refractivity contribution >= 4 is 26.6 Å². The predicted molar refractivity (Wildman–Crippen MR) is 66.2 cm³/mol. The minimum absolute atomic E-state index is 0.179. The summed E-state index contributed by atoms with van der Waals surface area (Å²) in [5, 5.41) is 1.66. The van der Waals surface area contributed by atoms with Gasteiger partial charge < -0.3 is 9.45 Å². The monoisotopic (exact) mass is 250 g/mol. The molecule has 0 radical (unpaired) electrons. The van der Waals surface area contributed by atoms with Crippen LogP contribution in [0.15, 0.2) is 41.3 Å². The number of nitrogens with zero attached hydrogens (tertiary/aromatic N) is 1. The first kappa shape index (κ1) is 11.9. The third kappa shape index (κ3) is 2.11. The lowest BCUT2D eigenvalue weighted by Crippen LogP contribution is -2.14. The molecule has 0 atom stereocenters. The molecule has 0 unspecified atom stereocenters. The Morgan fingerprint density at radius 1 is 1.06 bits per heavy atom. The van der Waals surface area contributed by atoms with Crippen molar-refractivity contribution in [3.8, 4) is 0 Å².